The average molecular weight is 290 g/mol. The molecule has 4 nitrogen and oxygen atoms in total. The summed E-state index contributed by atoms with van der Waals surface area (Å²) < 4.78 is 0. The number of hydrogen-bond acceptors (Lipinski definition) is 3. The van der Waals surface area contributed by atoms with Gasteiger partial charge in [-0.1, -0.05) is 41.9 Å². The molecule has 1 aromatic carbocycles. The van der Waals surface area contributed by atoms with Gasteiger partial charge in [-0.3, -0.25) is 4.79 Å². The van der Waals surface area contributed by atoms with Crippen LogP contribution in [0.1, 0.15) is 16.1 Å². The van der Waals surface area contributed by atoms with Gasteiger partial charge in [-0.25, -0.2) is 4.98 Å². The molecule has 0 aliphatic heterocycles. The summed E-state index contributed by atoms with van der Waals surface area (Å²) in [6, 6.07) is 13.4. The predicted octanol–water partition coefficient (Wildman–Crippen LogP) is 2.75. The maximum atomic E-state index is 12.0. The third-order valence-corrected chi connectivity index (χ3v) is 3.16. The fourth-order valence-electron chi connectivity index (χ4n) is 1.79. The van der Waals surface area contributed by atoms with E-state index in [0.717, 1.165) is 6.42 Å². The number of amides is 1. The SMILES string of the molecule is CNc1ccc(Cl)c(C(=O)NCCc2ccccc2)n1. The zero-order valence-corrected chi connectivity index (χ0v) is 11.9. The Balaban J connectivity index is 1.95. The zero-order chi connectivity index (χ0) is 14.4. The molecule has 0 aliphatic carbocycles. The highest BCUT2D eigenvalue weighted by molar-refractivity contribution is 6.33. The highest BCUT2D eigenvalue weighted by atomic mass is 35.5. The van der Waals surface area contributed by atoms with Crippen molar-refractivity contribution in [3.05, 3.63) is 58.7 Å². The summed E-state index contributed by atoms with van der Waals surface area (Å²) in [4.78, 5) is 16.2. The summed E-state index contributed by atoms with van der Waals surface area (Å²) >= 11 is 5.99. The molecule has 1 amide bonds. The molecule has 5 heteroatoms. The average Bonchev–Trinajstić information content (AvgIpc) is 2.48. The number of pyridine rings is 1. The summed E-state index contributed by atoms with van der Waals surface area (Å²) in [5.74, 6) is 0.352. The van der Waals surface area contributed by atoms with E-state index in [1.54, 1.807) is 19.2 Å². The minimum absolute atomic E-state index is 0.242. The number of carbonyl (C=O) groups excluding carboxylic acids is 1. The minimum atomic E-state index is -0.261. The van der Waals surface area contributed by atoms with Crippen molar-refractivity contribution in [2.75, 3.05) is 18.9 Å². The van der Waals surface area contributed by atoms with E-state index >= 15 is 0 Å². The molecule has 0 fully saturated rings. The van der Waals surface area contributed by atoms with Gasteiger partial charge < -0.3 is 10.6 Å². The van der Waals surface area contributed by atoms with Gasteiger partial charge in [-0.05, 0) is 24.1 Å². The largest absolute Gasteiger partial charge is 0.373 e. The normalized spacial score (nSPS) is 10.1. The predicted molar refractivity (Wildman–Crippen MR) is 81.3 cm³/mol. The van der Waals surface area contributed by atoms with Crippen LogP contribution in [-0.4, -0.2) is 24.5 Å². The molecule has 0 saturated carbocycles. The van der Waals surface area contributed by atoms with Gasteiger partial charge in [-0.2, -0.15) is 0 Å². The van der Waals surface area contributed by atoms with Crippen LogP contribution in [0.5, 0.6) is 0 Å². The third kappa shape index (κ3) is 3.71. The summed E-state index contributed by atoms with van der Waals surface area (Å²) in [6.07, 6.45) is 0.774. The molecule has 0 atom stereocenters. The lowest BCUT2D eigenvalue weighted by Crippen LogP contribution is -2.27. The van der Waals surface area contributed by atoms with E-state index in [-0.39, 0.29) is 11.6 Å². The zero-order valence-electron chi connectivity index (χ0n) is 11.2. The van der Waals surface area contributed by atoms with E-state index in [1.807, 2.05) is 30.3 Å². The summed E-state index contributed by atoms with van der Waals surface area (Å²) in [5, 5.41) is 6.06. The topological polar surface area (TPSA) is 54.0 Å². The molecule has 2 aromatic rings. The maximum absolute atomic E-state index is 12.0. The van der Waals surface area contributed by atoms with Crippen molar-refractivity contribution in [1.29, 1.82) is 0 Å². The molecule has 1 aromatic heterocycles. The first-order chi connectivity index (χ1) is 9.70. The Morgan fingerprint density at radius 1 is 1.20 bits per heavy atom. The molecular weight excluding hydrogens is 274 g/mol. The molecule has 0 bridgehead atoms. The van der Waals surface area contributed by atoms with Crippen molar-refractivity contribution in [1.82, 2.24) is 10.3 Å². The van der Waals surface area contributed by atoms with Gasteiger partial charge in [-0.15, -0.1) is 0 Å². The maximum Gasteiger partial charge on any atom is 0.271 e. The van der Waals surface area contributed by atoms with Gasteiger partial charge in [0.2, 0.25) is 0 Å². The summed E-state index contributed by atoms with van der Waals surface area (Å²) in [5.41, 5.74) is 1.42. The highest BCUT2D eigenvalue weighted by Gasteiger charge is 2.12. The lowest BCUT2D eigenvalue weighted by Gasteiger charge is -2.08. The van der Waals surface area contributed by atoms with Crippen LogP contribution in [0, 0.1) is 0 Å². The molecule has 2 rings (SSSR count). The van der Waals surface area contributed by atoms with Gasteiger partial charge in [0.1, 0.15) is 11.5 Å². The lowest BCUT2D eigenvalue weighted by atomic mass is 10.1. The van der Waals surface area contributed by atoms with Crippen LogP contribution in [-0.2, 0) is 6.42 Å². The van der Waals surface area contributed by atoms with E-state index in [0.29, 0.717) is 17.4 Å². The van der Waals surface area contributed by atoms with Crippen molar-refractivity contribution in [2.45, 2.75) is 6.42 Å². The molecular formula is C15H16ClN3O. The summed E-state index contributed by atoms with van der Waals surface area (Å²) in [7, 11) is 1.74. The lowest BCUT2D eigenvalue weighted by molar-refractivity contribution is 0.0949. The Hall–Kier alpha value is -2.07. The van der Waals surface area contributed by atoms with Crippen molar-refractivity contribution >= 4 is 23.3 Å². The van der Waals surface area contributed by atoms with Crippen LogP contribution in [0.15, 0.2) is 42.5 Å². The first kappa shape index (κ1) is 14.3. The van der Waals surface area contributed by atoms with Gasteiger partial charge in [0.25, 0.3) is 5.91 Å². The molecule has 1 heterocycles. The number of hydrogen-bond donors (Lipinski definition) is 2. The molecule has 20 heavy (non-hydrogen) atoms. The quantitative estimate of drug-likeness (QED) is 0.890. The third-order valence-electron chi connectivity index (χ3n) is 2.86. The van der Waals surface area contributed by atoms with Gasteiger partial charge in [0.15, 0.2) is 0 Å². The van der Waals surface area contributed by atoms with E-state index in [9.17, 15) is 4.79 Å². The second-order valence-corrected chi connectivity index (χ2v) is 4.68. The van der Waals surface area contributed by atoms with Crippen LogP contribution in [0.2, 0.25) is 5.02 Å². The Morgan fingerprint density at radius 2 is 1.95 bits per heavy atom. The Kier molecular flexibility index (Phi) is 4.96. The number of nitrogens with zero attached hydrogens (tertiary/aromatic N) is 1. The van der Waals surface area contributed by atoms with Gasteiger partial charge in [0.05, 0.1) is 5.02 Å². The highest BCUT2D eigenvalue weighted by Crippen LogP contribution is 2.16. The molecule has 104 valence electrons. The second kappa shape index (κ2) is 6.91. The summed E-state index contributed by atoms with van der Waals surface area (Å²) in [6.45, 7) is 0.546. The Bertz CT molecular complexity index is 587. The van der Waals surface area contributed by atoms with Crippen LogP contribution in [0.4, 0.5) is 5.82 Å². The van der Waals surface area contributed by atoms with E-state index < -0.39 is 0 Å². The molecule has 2 N–H and O–H groups in total. The van der Waals surface area contributed by atoms with Crippen molar-refractivity contribution in [2.24, 2.45) is 0 Å². The second-order valence-electron chi connectivity index (χ2n) is 4.27. The first-order valence-corrected chi connectivity index (χ1v) is 6.75. The number of anilines is 1. The molecule has 0 aliphatic rings. The number of aromatic nitrogens is 1. The van der Waals surface area contributed by atoms with Crippen LogP contribution in [0.3, 0.4) is 0 Å². The smallest absolute Gasteiger partial charge is 0.271 e. The Labute approximate surface area is 123 Å². The Morgan fingerprint density at radius 3 is 2.65 bits per heavy atom. The van der Waals surface area contributed by atoms with Gasteiger partial charge in [0, 0.05) is 13.6 Å². The molecule has 0 saturated heterocycles. The van der Waals surface area contributed by atoms with Crippen molar-refractivity contribution in [3.8, 4) is 0 Å². The number of halogens is 1. The molecule has 0 radical (unpaired) electrons. The fourth-order valence-corrected chi connectivity index (χ4v) is 1.98. The van der Waals surface area contributed by atoms with Gasteiger partial charge >= 0.3 is 0 Å². The number of benzene rings is 1. The van der Waals surface area contributed by atoms with E-state index in [4.69, 9.17) is 11.6 Å². The molecule has 0 spiro atoms. The number of carbonyl (C=O) groups is 1. The monoisotopic (exact) mass is 289 g/mol. The van der Waals surface area contributed by atoms with Crippen molar-refractivity contribution < 1.29 is 4.79 Å². The molecule has 0 unspecified atom stereocenters. The van der Waals surface area contributed by atoms with Crippen LogP contribution < -0.4 is 10.6 Å². The van der Waals surface area contributed by atoms with Crippen molar-refractivity contribution in [3.63, 3.8) is 0 Å². The minimum Gasteiger partial charge on any atom is -0.373 e. The number of nitrogens with one attached hydrogen (secondary N) is 2. The fraction of sp³-hybridized carbons (Fsp3) is 0.200. The van der Waals surface area contributed by atoms with Crippen LogP contribution >= 0.6 is 11.6 Å². The standard InChI is InChI=1S/C15H16ClN3O/c1-17-13-8-7-12(16)14(19-13)15(20)18-10-9-11-5-3-2-4-6-11/h2-8H,9-10H2,1H3,(H,17,19)(H,18,20). The van der Waals surface area contributed by atoms with E-state index in [2.05, 4.69) is 15.6 Å². The van der Waals surface area contributed by atoms with E-state index in [1.165, 1.54) is 5.56 Å². The number of rotatable bonds is 5. The first-order valence-electron chi connectivity index (χ1n) is 6.37. The van der Waals surface area contributed by atoms with Crippen LogP contribution in [0.25, 0.3) is 0 Å².